The summed E-state index contributed by atoms with van der Waals surface area (Å²) in [5.41, 5.74) is 2.45. The van der Waals surface area contributed by atoms with Crippen LogP contribution in [0.15, 0.2) is 59.6 Å². The lowest BCUT2D eigenvalue weighted by molar-refractivity contribution is 0.184. The van der Waals surface area contributed by atoms with E-state index in [-0.39, 0.29) is 0 Å². The van der Waals surface area contributed by atoms with E-state index in [2.05, 4.69) is 77.1 Å². The zero-order valence-electron chi connectivity index (χ0n) is 17.4. The van der Waals surface area contributed by atoms with Crippen LogP contribution in [0.4, 0.5) is 0 Å². The van der Waals surface area contributed by atoms with Crippen LogP contribution in [0.5, 0.6) is 0 Å². The van der Waals surface area contributed by atoms with E-state index < -0.39 is 6.10 Å². The molecule has 29 heavy (non-hydrogen) atoms. The third-order valence-electron chi connectivity index (χ3n) is 4.49. The molecule has 1 heterocycles. The zero-order chi connectivity index (χ0) is 20.6. The van der Waals surface area contributed by atoms with Crippen LogP contribution in [-0.4, -0.2) is 43.2 Å². The minimum absolute atomic E-state index is 0.416. The number of hydrogen-bond donors (Lipinski definition) is 3. The van der Waals surface area contributed by atoms with Gasteiger partial charge in [0.2, 0.25) is 0 Å². The standard InChI is InChI=1S/C23H30N4OS/c1-4-24-23(25-14-17-8-7-9-18(12-17)16-27(2)3)26-15-20(28)22-13-19-10-5-6-11-21(19)29-22/h5-13,20,28H,4,14-16H2,1-3H3,(H2,24,25,26). The Morgan fingerprint density at radius 3 is 2.62 bits per heavy atom. The van der Waals surface area contributed by atoms with Gasteiger partial charge in [0.15, 0.2) is 5.96 Å². The number of guanidine groups is 1. The fourth-order valence-electron chi connectivity index (χ4n) is 3.16. The van der Waals surface area contributed by atoms with E-state index in [4.69, 9.17) is 0 Å². The van der Waals surface area contributed by atoms with E-state index in [1.165, 1.54) is 21.2 Å². The van der Waals surface area contributed by atoms with Crippen molar-refractivity contribution in [2.45, 2.75) is 26.1 Å². The SMILES string of the molecule is CCNC(=NCc1cccc(CN(C)C)c1)NCC(O)c1cc2ccccc2s1. The summed E-state index contributed by atoms with van der Waals surface area (Å²) in [4.78, 5) is 7.81. The Kier molecular flexibility index (Phi) is 7.63. The van der Waals surface area contributed by atoms with Crippen LogP contribution in [0, 0.1) is 0 Å². The molecular weight excluding hydrogens is 380 g/mol. The highest BCUT2D eigenvalue weighted by Crippen LogP contribution is 2.29. The van der Waals surface area contributed by atoms with Gasteiger partial charge < -0.3 is 20.6 Å². The summed E-state index contributed by atoms with van der Waals surface area (Å²) < 4.78 is 1.19. The summed E-state index contributed by atoms with van der Waals surface area (Å²) in [6, 6.07) is 18.8. The molecule has 6 heteroatoms. The first-order valence-corrected chi connectivity index (χ1v) is 10.8. The molecular formula is C23H30N4OS. The molecule has 3 rings (SSSR count). The molecule has 0 saturated carbocycles. The highest BCUT2D eigenvalue weighted by atomic mass is 32.1. The van der Waals surface area contributed by atoms with Gasteiger partial charge in [-0.3, -0.25) is 0 Å². The summed E-state index contributed by atoms with van der Waals surface area (Å²) in [6.45, 7) is 4.73. The van der Waals surface area contributed by atoms with E-state index in [1.54, 1.807) is 11.3 Å². The molecule has 1 atom stereocenters. The number of nitrogens with zero attached hydrogens (tertiary/aromatic N) is 2. The lowest BCUT2D eigenvalue weighted by atomic mass is 10.1. The molecule has 1 unspecified atom stereocenters. The molecule has 3 aromatic rings. The normalized spacial score (nSPS) is 13.1. The molecule has 1 aromatic heterocycles. The third-order valence-corrected chi connectivity index (χ3v) is 5.71. The van der Waals surface area contributed by atoms with Crippen molar-refractivity contribution < 1.29 is 5.11 Å². The number of aliphatic hydroxyl groups excluding tert-OH is 1. The van der Waals surface area contributed by atoms with Crippen LogP contribution < -0.4 is 10.6 Å². The Morgan fingerprint density at radius 1 is 1.07 bits per heavy atom. The molecule has 0 aliphatic carbocycles. The van der Waals surface area contributed by atoms with Gasteiger partial charge in [-0.25, -0.2) is 4.99 Å². The molecule has 0 saturated heterocycles. The lowest BCUT2D eigenvalue weighted by Crippen LogP contribution is -2.39. The van der Waals surface area contributed by atoms with Crippen LogP contribution >= 0.6 is 11.3 Å². The second-order valence-corrected chi connectivity index (χ2v) is 8.45. The summed E-state index contributed by atoms with van der Waals surface area (Å²) in [7, 11) is 4.14. The van der Waals surface area contributed by atoms with Crippen LogP contribution in [0.25, 0.3) is 10.1 Å². The van der Waals surface area contributed by atoms with Crippen LogP contribution in [0.2, 0.25) is 0 Å². The summed E-state index contributed by atoms with van der Waals surface area (Å²) >= 11 is 1.63. The summed E-state index contributed by atoms with van der Waals surface area (Å²) in [5.74, 6) is 0.714. The quantitative estimate of drug-likeness (QED) is 0.391. The van der Waals surface area contributed by atoms with Gasteiger partial charge in [0.05, 0.1) is 6.54 Å². The van der Waals surface area contributed by atoms with Gasteiger partial charge in [-0.2, -0.15) is 0 Å². The second kappa shape index (κ2) is 10.4. The fraction of sp³-hybridized carbons (Fsp3) is 0.348. The second-order valence-electron chi connectivity index (χ2n) is 7.34. The number of nitrogens with one attached hydrogen (secondary N) is 2. The van der Waals surface area contributed by atoms with Crippen LogP contribution in [0.3, 0.4) is 0 Å². The van der Waals surface area contributed by atoms with Crippen LogP contribution in [-0.2, 0) is 13.1 Å². The fourth-order valence-corrected chi connectivity index (χ4v) is 4.21. The molecule has 0 fully saturated rings. The maximum Gasteiger partial charge on any atom is 0.191 e. The van der Waals surface area contributed by atoms with Gasteiger partial charge in [-0.1, -0.05) is 42.5 Å². The van der Waals surface area contributed by atoms with Crippen molar-refractivity contribution in [3.8, 4) is 0 Å². The number of rotatable bonds is 8. The Hall–Kier alpha value is -2.41. The van der Waals surface area contributed by atoms with Gasteiger partial charge in [0.25, 0.3) is 0 Å². The van der Waals surface area contributed by atoms with E-state index >= 15 is 0 Å². The first-order chi connectivity index (χ1) is 14.0. The van der Waals surface area contributed by atoms with Crippen LogP contribution in [0.1, 0.15) is 29.0 Å². The van der Waals surface area contributed by atoms with Gasteiger partial charge in [-0.05, 0) is 49.7 Å². The highest BCUT2D eigenvalue weighted by molar-refractivity contribution is 7.19. The number of benzene rings is 2. The zero-order valence-corrected chi connectivity index (χ0v) is 18.2. The number of aliphatic imine (C=N–C) groups is 1. The largest absolute Gasteiger partial charge is 0.386 e. The van der Waals surface area contributed by atoms with Crippen molar-refractivity contribution >= 4 is 27.4 Å². The van der Waals surface area contributed by atoms with Crippen molar-refractivity contribution in [3.05, 3.63) is 70.6 Å². The van der Waals surface area contributed by atoms with Gasteiger partial charge in [0, 0.05) is 29.2 Å². The molecule has 0 amide bonds. The molecule has 154 valence electrons. The third kappa shape index (κ3) is 6.29. The molecule has 0 bridgehead atoms. The number of thiophene rings is 1. The minimum Gasteiger partial charge on any atom is -0.386 e. The van der Waals surface area contributed by atoms with Crippen molar-refractivity contribution in [3.63, 3.8) is 0 Å². The molecule has 0 aliphatic rings. The molecule has 3 N–H and O–H groups in total. The molecule has 5 nitrogen and oxygen atoms in total. The van der Waals surface area contributed by atoms with Crippen molar-refractivity contribution in [1.82, 2.24) is 15.5 Å². The Balaban J connectivity index is 1.61. The Morgan fingerprint density at radius 2 is 1.86 bits per heavy atom. The number of aliphatic hydroxyl groups is 1. The monoisotopic (exact) mass is 410 g/mol. The van der Waals surface area contributed by atoms with E-state index in [1.807, 2.05) is 19.1 Å². The first kappa shape index (κ1) is 21.3. The molecule has 0 radical (unpaired) electrons. The van der Waals surface area contributed by atoms with Gasteiger partial charge in [0.1, 0.15) is 6.10 Å². The minimum atomic E-state index is -0.570. The average molecular weight is 411 g/mol. The van der Waals surface area contributed by atoms with Gasteiger partial charge in [-0.15, -0.1) is 11.3 Å². The molecule has 0 aliphatic heterocycles. The lowest BCUT2D eigenvalue weighted by Gasteiger charge is -2.14. The highest BCUT2D eigenvalue weighted by Gasteiger charge is 2.12. The van der Waals surface area contributed by atoms with E-state index in [9.17, 15) is 5.11 Å². The topological polar surface area (TPSA) is 59.9 Å². The Labute approximate surface area is 177 Å². The molecule has 2 aromatic carbocycles. The number of fused-ring (bicyclic) bond motifs is 1. The smallest absolute Gasteiger partial charge is 0.191 e. The van der Waals surface area contributed by atoms with Crippen molar-refractivity contribution in [1.29, 1.82) is 0 Å². The maximum absolute atomic E-state index is 10.6. The maximum atomic E-state index is 10.6. The van der Waals surface area contributed by atoms with E-state index in [0.29, 0.717) is 19.0 Å². The van der Waals surface area contributed by atoms with Crippen molar-refractivity contribution in [2.24, 2.45) is 4.99 Å². The molecule has 0 spiro atoms. The number of hydrogen-bond acceptors (Lipinski definition) is 4. The predicted molar refractivity (Wildman–Crippen MR) is 123 cm³/mol. The predicted octanol–water partition coefficient (Wildman–Crippen LogP) is 3.75. The average Bonchev–Trinajstić information content (AvgIpc) is 3.14. The van der Waals surface area contributed by atoms with Gasteiger partial charge >= 0.3 is 0 Å². The summed E-state index contributed by atoms with van der Waals surface area (Å²) in [6.07, 6.45) is -0.570. The first-order valence-electron chi connectivity index (χ1n) is 9.96. The van der Waals surface area contributed by atoms with Crippen molar-refractivity contribution in [2.75, 3.05) is 27.2 Å². The summed E-state index contributed by atoms with van der Waals surface area (Å²) in [5, 5.41) is 18.3. The van der Waals surface area contributed by atoms with E-state index in [0.717, 1.165) is 18.0 Å². The Bertz CT molecular complexity index is 918.